The van der Waals surface area contributed by atoms with Crippen molar-refractivity contribution >= 4 is 39.5 Å². The van der Waals surface area contributed by atoms with E-state index < -0.39 is 97.5 Å². The minimum Gasteiger partial charge on any atom is -0.462 e. The lowest BCUT2D eigenvalue weighted by atomic mass is 10.0. The van der Waals surface area contributed by atoms with Gasteiger partial charge in [0.05, 0.1) is 26.4 Å². The number of phosphoric acid groups is 2. The van der Waals surface area contributed by atoms with E-state index in [4.69, 9.17) is 37.0 Å². The van der Waals surface area contributed by atoms with Crippen LogP contribution in [0.15, 0.2) is 0 Å². The van der Waals surface area contributed by atoms with Gasteiger partial charge in [-0.25, -0.2) is 9.13 Å². The Morgan fingerprint density at radius 3 is 0.654 bits per heavy atom. The average molecular weight is 1520 g/mol. The Balaban J connectivity index is 5.24. The van der Waals surface area contributed by atoms with Gasteiger partial charge < -0.3 is 33.8 Å². The molecule has 0 bridgehead atoms. The zero-order chi connectivity index (χ0) is 76.2. The maximum atomic E-state index is 13.1. The molecule has 0 amide bonds. The zero-order valence-electron chi connectivity index (χ0n) is 68.2. The molecule has 0 aromatic carbocycles. The summed E-state index contributed by atoms with van der Waals surface area (Å²) in [5.74, 6) is -1.30. The number of aliphatic hydroxyl groups is 1. The fourth-order valence-electron chi connectivity index (χ4n) is 13.3. The van der Waals surface area contributed by atoms with E-state index in [0.717, 1.165) is 95.8 Å². The number of carbonyl (C=O) groups is 4. The summed E-state index contributed by atoms with van der Waals surface area (Å²) in [7, 11) is -9.92. The van der Waals surface area contributed by atoms with Gasteiger partial charge in [-0.1, -0.05) is 407 Å². The Bertz CT molecular complexity index is 1980. The first-order valence-electron chi connectivity index (χ1n) is 44.1. The first-order valence-corrected chi connectivity index (χ1v) is 47.1. The molecular weight excluding hydrogens is 1350 g/mol. The van der Waals surface area contributed by atoms with Crippen molar-refractivity contribution in [3.05, 3.63) is 0 Å². The van der Waals surface area contributed by atoms with Crippen molar-refractivity contribution in [2.24, 2.45) is 5.92 Å². The lowest BCUT2D eigenvalue weighted by molar-refractivity contribution is -0.161. The van der Waals surface area contributed by atoms with Crippen molar-refractivity contribution in [2.45, 2.75) is 477 Å². The predicted octanol–water partition coefficient (Wildman–Crippen LogP) is 26.0. The van der Waals surface area contributed by atoms with Crippen LogP contribution < -0.4 is 0 Å². The first-order chi connectivity index (χ1) is 50.5. The third kappa shape index (κ3) is 78.2. The SMILES string of the molecule is CCCCCCCCCCCCCCCCCCCCCCCC(=O)O[C@H](COC(=O)CCCCCCCCCCCCCCCCC(C)C)COP(=O)(O)OC[C@@H](O)COP(=O)(O)OC[C@@H](COC(=O)CCCCCCCCCCCCCC)OC(=O)CCCCCCCCCCCCCCCC. The fourth-order valence-corrected chi connectivity index (χ4v) is 14.9. The third-order valence-corrected chi connectivity index (χ3v) is 21.9. The summed E-state index contributed by atoms with van der Waals surface area (Å²) in [5.41, 5.74) is 0. The number of carbonyl (C=O) groups excluding carboxylic acids is 4. The van der Waals surface area contributed by atoms with Gasteiger partial charge in [-0.2, -0.15) is 0 Å². The smallest absolute Gasteiger partial charge is 0.462 e. The number of phosphoric ester groups is 2. The van der Waals surface area contributed by atoms with Gasteiger partial charge in [0, 0.05) is 25.7 Å². The molecule has 0 radical (unpaired) electrons. The lowest BCUT2D eigenvalue weighted by Crippen LogP contribution is -2.30. The van der Waals surface area contributed by atoms with Crippen LogP contribution in [0.3, 0.4) is 0 Å². The molecule has 0 aromatic rings. The van der Waals surface area contributed by atoms with Gasteiger partial charge in [0.25, 0.3) is 0 Å². The lowest BCUT2D eigenvalue weighted by Gasteiger charge is -2.21. The van der Waals surface area contributed by atoms with Crippen LogP contribution in [0.25, 0.3) is 0 Å². The van der Waals surface area contributed by atoms with E-state index in [-0.39, 0.29) is 25.7 Å². The molecule has 0 heterocycles. The van der Waals surface area contributed by atoms with Crippen LogP contribution in [0.1, 0.15) is 458 Å². The molecule has 17 nitrogen and oxygen atoms in total. The van der Waals surface area contributed by atoms with E-state index >= 15 is 0 Å². The maximum absolute atomic E-state index is 13.1. The van der Waals surface area contributed by atoms with Crippen molar-refractivity contribution in [3.8, 4) is 0 Å². The molecule has 618 valence electrons. The van der Waals surface area contributed by atoms with Gasteiger partial charge in [0.15, 0.2) is 12.2 Å². The quantitative estimate of drug-likeness (QED) is 0.0222. The molecule has 0 rings (SSSR count). The minimum atomic E-state index is -4.96. The molecule has 2 unspecified atom stereocenters. The predicted molar refractivity (Wildman–Crippen MR) is 428 cm³/mol. The van der Waals surface area contributed by atoms with Crippen molar-refractivity contribution in [1.82, 2.24) is 0 Å². The van der Waals surface area contributed by atoms with E-state index in [0.29, 0.717) is 25.7 Å². The summed E-state index contributed by atoms with van der Waals surface area (Å²) in [5, 5.41) is 10.7. The highest BCUT2D eigenvalue weighted by atomic mass is 31.2. The Morgan fingerprint density at radius 1 is 0.260 bits per heavy atom. The highest BCUT2D eigenvalue weighted by Crippen LogP contribution is 2.45. The summed E-state index contributed by atoms with van der Waals surface area (Å²) in [6.07, 6.45) is 70.7. The van der Waals surface area contributed by atoms with Crippen molar-refractivity contribution in [2.75, 3.05) is 39.6 Å². The van der Waals surface area contributed by atoms with Gasteiger partial charge >= 0.3 is 39.5 Å². The summed E-state index contributed by atoms with van der Waals surface area (Å²) < 4.78 is 68.9. The third-order valence-electron chi connectivity index (χ3n) is 20.0. The standard InChI is InChI=1S/C85H166O17P2/c1-6-9-12-15-18-21-24-27-29-30-31-32-33-34-35-41-46-51-56-61-66-71-85(90)102-81(75-96-83(88)69-64-59-54-49-44-40-37-36-38-42-47-52-57-62-67-78(4)5)77-100-104(93,94)98-73-79(86)72-97-103(91,92)99-76-80(74-95-82(87)68-63-58-53-48-43-26-23-20-17-14-11-8-3)101-84(89)70-65-60-55-50-45-39-28-25-22-19-16-13-10-7-2/h78-81,86H,6-77H2,1-5H3,(H,91,92)(H,93,94)/t79-,80+,81+/m0/s1. The molecule has 0 saturated heterocycles. The minimum absolute atomic E-state index is 0.109. The topological polar surface area (TPSA) is 237 Å². The second-order valence-corrected chi connectivity index (χ2v) is 34.0. The Labute approximate surface area is 638 Å². The molecule has 0 fully saturated rings. The summed E-state index contributed by atoms with van der Waals surface area (Å²) in [6.45, 7) is 7.39. The van der Waals surface area contributed by atoms with E-state index in [1.54, 1.807) is 0 Å². The number of aliphatic hydroxyl groups excluding tert-OH is 1. The van der Waals surface area contributed by atoms with Gasteiger partial charge in [-0.3, -0.25) is 37.3 Å². The van der Waals surface area contributed by atoms with Gasteiger partial charge in [0.1, 0.15) is 19.3 Å². The van der Waals surface area contributed by atoms with E-state index in [9.17, 15) is 43.2 Å². The second-order valence-electron chi connectivity index (χ2n) is 31.1. The first kappa shape index (κ1) is 102. The largest absolute Gasteiger partial charge is 0.472 e. The van der Waals surface area contributed by atoms with Gasteiger partial charge in [-0.05, 0) is 31.6 Å². The molecule has 0 spiro atoms. The Morgan fingerprint density at radius 2 is 0.442 bits per heavy atom. The molecule has 5 atom stereocenters. The molecule has 0 aliphatic carbocycles. The van der Waals surface area contributed by atoms with Crippen LogP contribution >= 0.6 is 15.6 Å². The highest BCUT2D eigenvalue weighted by Gasteiger charge is 2.30. The summed E-state index contributed by atoms with van der Waals surface area (Å²) >= 11 is 0. The van der Waals surface area contributed by atoms with Crippen molar-refractivity contribution in [3.63, 3.8) is 0 Å². The molecule has 104 heavy (non-hydrogen) atoms. The van der Waals surface area contributed by atoms with Crippen LogP contribution in [-0.4, -0.2) is 96.7 Å². The van der Waals surface area contributed by atoms with Crippen LogP contribution in [0, 0.1) is 5.92 Å². The number of ether oxygens (including phenoxy) is 4. The van der Waals surface area contributed by atoms with E-state index in [1.165, 1.54) is 283 Å². The van der Waals surface area contributed by atoms with E-state index in [2.05, 4.69) is 34.6 Å². The summed E-state index contributed by atoms with van der Waals surface area (Å²) in [4.78, 5) is 73.2. The molecule has 19 heteroatoms. The van der Waals surface area contributed by atoms with Crippen LogP contribution in [0.5, 0.6) is 0 Å². The number of hydrogen-bond acceptors (Lipinski definition) is 15. The number of hydrogen-bond donors (Lipinski definition) is 3. The zero-order valence-corrected chi connectivity index (χ0v) is 70.0. The van der Waals surface area contributed by atoms with Gasteiger partial charge in [0.2, 0.25) is 0 Å². The van der Waals surface area contributed by atoms with E-state index in [1.807, 2.05) is 0 Å². The van der Waals surface area contributed by atoms with Crippen molar-refractivity contribution < 1.29 is 80.2 Å². The number of rotatable bonds is 85. The normalized spacial score (nSPS) is 13.8. The Hall–Kier alpha value is -1.94. The fraction of sp³-hybridized carbons (Fsp3) is 0.953. The summed E-state index contributed by atoms with van der Waals surface area (Å²) in [6, 6.07) is 0. The van der Waals surface area contributed by atoms with Gasteiger partial charge in [-0.15, -0.1) is 0 Å². The second kappa shape index (κ2) is 77.8. The van der Waals surface area contributed by atoms with Crippen LogP contribution in [-0.2, 0) is 65.4 Å². The molecule has 0 aliphatic rings. The maximum Gasteiger partial charge on any atom is 0.472 e. The highest BCUT2D eigenvalue weighted by molar-refractivity contribution is 7.47. The average Bonchev–Trinajstić information content (AvgIpc) is 0.921. The van der Waals surface area contributed by atoms with Crippen molar-refractivity contribution in [1.29, 1.82) is 0 Å². The number of unbranched alkanes of at least 4 members (excludes halogenated alkanes) is 57. The van der Waals surface area contributed by atoms with Crippen LogP contribution in [0.4, 0.5) is 0 Å². The molecule has 3 N–H and O–H groups in total. The molecule has 0 aliphatic heterocycles. The molecule has 0 aromatic heterocycles. The molecule has 0 saturated carbocycles. The Kier molecular flexibility index (Phi) is 76.3. The monoisotopic (exact) mass is 1520 g/mol. The molecular formula is C85H166O17P2. The van der Waals surface area contributed by atoms with Crippen LogP contribution in [0.2, 0.25) is 0 Å². The number of esters is 4.